The molecule has 7 heteroatoms. The molecular formula is C27H26N6O. The molecule has 0 atom stereocenters. The van der Waals surface area contributed by atoms with Crippen molar-refractivity contribution < 1.29 is 4.79 Å². The van der Waals surface area contributed by atoms with Crippen LogP contribution >= 0.6 is 0 Å². The minimum absolute atomic E-state index is 0.0324. The molecule has 0 spiro atoms. The Bertz CT molecular complexity index is 1500. The summed E-state index contributed by atoms with van der Waals surface area (Å²) in [6.07, 6.45) is 2.53. The maximum absolute atomic E-state index is 12.9. The summed E-state index contributed by atoms with van der Waals surface area (Å²) in [4.78, 5) is 22.6. The first-order valence-corrected chi connectivity index (χ1v) is 11.3. The van der Waals surface area contributed by atoms with E-state index in [1.807, 2.05) is 87.5 Å². The Hall–Kier alpha value is -4.26. The number of aromatic amines is 1. The van der Waals surface area contributed by atoms with E-state index in [1.165, 1.54) is 0 Å². The first-order valence-electron chi connectivity index (χ1n) is 11.3. The van der Waals surface area contributed by atoms with Crippen molar-refractivity contribution in [2.75, 3.05) is 10.6 Å². The zero-order valence-corrected chi connectivity index (χ0v) is 19.4. The molecule has 2 heterocycles. The van der Waals surface area contributed by atoms with E-state index >= 15 is 0 Å². The molecule has 5 rings (SSSR count). The maximum atomic E-state index is 12.9. The number of anilines is 3. The molecule has 0 aliphatic carbocycles. The number of benzene rings is 3. The van der Waals surface area contributed by atoms with Gasteiger partial charge in [0.2, 0.25) is 5.91 Å². The molecule has 1 amide bonds. The third kappa shape index (κ3) is 4.08. The number of para-hydroxylation sites is 2. The number of H-pyrrole nitrogens is 1. The number of fused-ring (bicyclic) bond motifs is 2. The quantitative estimate of drug-likeness (QED) is 0.282. The highest BCUT2D eigenvalue weighted by atomic mass is 16.2. The fraction of sp³-hybridized carbons (Fsp3) is 0.185. The van der Waals surface area contributed by atoms with Crippen LogP contribution in [-0.2, 0) is 4.79 Å². The summed E-state index contributed by atoms with van der Waals surface area (Å²) in [6.45, 7) is 5.89. The van der Waals surface area contributed by atoms with Gasteiger partial charge in [0.25, 0.3) is 0 Å². The van der Waals surface area contributed by atoms with Gasteiger partial charge in [-0.2, -0.15) is 5.10 Å². The highest BCUT2D eigenvalue weighted by Crippen LogP contribution is 2.32. The summed E-state index contributed by atoms with van der Waals surface area (Å²) in [5, 5.41) is 15.5. The van der Waals surface area contributed by atoms with E-state index in [9.17, 15) is 4.79 Å². The van der Waals surface area contributed by atoms with E-state index in [1.54, 1.807) is 6.20 Å². The van der Waals surface area contributed by atoms with Gasteiger partial charge in [-0.1, -0.05) is 45.0 Å². The summed E-state index contributed by atoms with van der Waals surface area (Å²) < 4.78 is 0. The molecule has 5 aromatic rings. The van der Waals surface area contributed by atoms with Crippen LogP contribution in [0.1, 0.15) is 27.2 Å². The largest absolute Gasteiger partial charge is 0.340 e. The number of carbonyl (C=O) groups excluding carboxylic acids is 1. The van der Waals surface area contributed by atoms with Gasteiger partial charge in [0, 0.05) is 27.4 Å². The number of hydrogen-bond acceptors (Lipinski definition) is 5. The molecule has 0 radical (unpaired) electrons. The number of amides is 1. The Labute approximate surface area is 197 Å². The average Bonchev–Trinajstić information content (AvgIpc) is 3.32. The van der Waals surface area contributed by atoms with Crippen molar-refractivity contribution in [1.82, 2.24) is 20.2 Å². The Morgan fingerprint density at radius 2 is 1.79 bits per heavy atom. The molecule has 0 bridgehead atoms. The molecular weight excluding hydrogens is 424 g/mol. The lowest BCUT2D eigenvalue weighted by Crippen LogP contribution is -2.30. The van der Waals surface area contributed by atoms with Crippen molar-refractivity contribution in [3.63, 3.8) is 0 Å². The first-order chi connectivity index (χ1) is 16.4. The summed E-state index contributed by atoms with van der Waals surface area (Å²) >= 11 is 0. The fourth-order valence-corrected chi connectivity index (χ4v) is 3.69. The second kappa shape index (κ2) is 8.59. The van der Waals surface area contributed by atoms with Crippen molar-refractivity contribution in [1.29, 1.82) is 0 Å². The fourth-order valence-electron chi connectivity index (χ4n) is 3.69. The molecule has 0 fully saturated rings. The minimum atomic E-state index is -0.476. The van der Waals surface area contributed by atoms with Crippen LogP contribution in [0.15, 0.2) is 72.9 Å². The van der Waals surface area contributed by atoms with Gasteiger partial charge in [0.05, 0.1) is 22.9 Å². The predicted octanol–water partition coefficient (Wildman–Crippen LogP) is 6.29. The van der Waals surface area contributed by atoms with E-state index in [0.29, 0.717) is 17.3 Å². The molecule has 0 saturated carbocycles. The van der Waals surface area contributed by atoms with E-state index in [0.717, 1.165) is 39.5 Å². The monoisotopic (exact) mass is 450 g/mol. The highest BCUT2D eigenvalue weighted by molar-refractivity contribution is 5.99. The summed E-state index contributed by atoms with van der Waals surface area (Å²) in [6, 6.07) is 21.5. The molecule has 0 aliphatic rings. The minimum Gasteiger partial charge on any atom is -0.340 e. The van der Waals surface area contributed by atoms with Crippen LogP contribution in [0.2, 0.25) is 0 Å². The number of nitrogens with one attached hydrogen (secondary N) is 3. The van der Waals surface area contributed by atoms with Gasteiger partial charge in [-0.25, -0.2) is 9.97 Å². The average molecular weight is 451 g/mol. The Morgan fingerprint density at radius 3 is 2.65 bits per heavy atom. The molecule has 0 aliphatic heterocycles. The van der Waals surface area contributed by atoms with Gasteiger partial charge in [0.1, 0.15) is 5.82 Å². The molecule has 7 nitrogen and oxygen atoms in total. The van der Waals surface area contributed by atoms with E-state index in [2.05, 4.69) is 20.8 Å². The lowest BCUT2D eigenvalue weighted by atomic mass is 9.89. The SMILES string of the molecule is CCC(C)(C)C(=O)Nc1ccccc1-c1nc(Nc2ccc3[nH]ncc3c2)c2ccccc2n1. The predicted molar refractivity (Wildman–Crippen MR) is 137 cm³/mol. The van der Waals surface area contributed by atoms with Crippen molar-refractivity contribution in [2.24, 2.45) is 5.41 Å². The second-order valence-corrected chi connectivity index (χ2v) is 8.95. The Balaban J connectivity index is 1.58. The number of rotatable bonds is 6. The Morgan fingerprint density at radius 1 is 1.00 bits per heavy atom. The molecule has 34 heavy (non-hydrogen) atoms. The summed E-state index contributed by atoms with van der Waals surface area (Å²) in [7, 11) is 0. The van der Waals surface area contributed by atoms with Gasteiger partial charge >= 0.3 is 0 Å². The topological polar surface area (TPSA) is 95.6 Å². The first kappa shape index (κ1) is 21.6. The zero-order valence-electron chi connectivity index (χ0n) is 19.4. The number of carbonyl (C=O) groups is 1. The van der Waals surface area contributed by atoms with Gasteiger partial charge in [-0.3, -0.25) is 9.89 Å². The molecule has 170 valence electrons. The highest BCUT2D eigenvalue weighted by Gasteiger charge is 2.26. The Kier molecular flexibility index (Phi) is 5.45. The van der Waals surface area contributed by atoms with Crippen LogP contribution in [0.3, 0.4) is 0 Å². The van der Waals surface area contributed by atoms with Gasteiger partial charge in [-0.05, 0) is 48.9 Å². The molecule has 2 aromatic heterocycles. The van der Waals surface area contributed by atoms with Crippen molar-refractivity contribution in [3.8, 4) is 11.4 Å². The van der Waals surface area contributed by atoms with Crippen LogP contribution in [-0.4, -0.2) is 26.1 Å². The van der Waals surface area contributed by atoms with Gasteiger partial charge in [-0.15, -0.1) is 0 Å². The van der Waals surface area contributed by atoms with Crippen molar-refractivity contribution in [3.05, 3.63) is 72.9 Å². The van der Waals surface area contributed by atoms with Crippen LogP contribution in [0, 0.1) is 5.41 Å². The van der Waals surface area contributed by atoms with Crippen molar-refractivity contribution >= 4 is 44.9 Å². The lowest BCUT2D eigenvalue weighted by molar-refractivity contribution is -0.124. The molecule has 0 unspecified atom stereocenters. The standard InChI is InChI=1S/C27H26N6O/c1-4-27(2,3)26(34)31-23-12-8-6-10-20(23)25-30-22-11-7-5-9-19(22)24(32-25)29-18-13-14-21-17(15-18)16-28-33-21/h5-16H,4H2,1-3H3,(H,28,33)(H,31,34)(H,29,30,32). The summed E-state index contributed by atoms with van der Waals surface area (Å²) in [5.41, 5.74) is 3.66. The molecule has 3 aromatic carbocycles. The number of aromatic nitrogens is 4. The van der Waals surface area contributed by atoms with Crippen LogP contribution in [0.5, 0.6) is 0 Å². The maximum Gasteiger partial charge on any atom is 0.230 e. The van der Waals surface area contributed by atoms with Gasteiger partial charge < -0.3 is 10.6 Å². The lowest BCUT2D eigenvalue weighted by Gasteiger charge is -2.22. The van der Waals surface area contributed by atoms with Crippen LogP contribution < -0.4 is 10.6 Å². The van der Waals surface area contributed by atoms with E-state index < -0.39 is 5.41 Å². The summed E-state index contributed by atoms with van der Waals surface area (Å²) in [5.74, 6) is 1.20. The molecule has 3 N–H and O–H groups in total. The molecule has 0 saturated heterocycles. The second-order valence-electron chi connectivity index (χ2n) is 8.95. The third-order valence-corrected chi connectivity index (χ3v) is 6.22. The number of hydrogen-bond donors (Lipinski definition) is 3. The normalized spacial score (nSPS) is 11.6. The zero-order chi connectivity index (χ0) is 23.7. The third-order valence-electron chi connectivity index (χ3n) is 6.22. The number of nitrogens with zero attached hydrogens (tertiary/aromatic N) is 3. The van der Waals surface area contributed by atoms with Crippen molar-refractivity contribution in [2.45, 2.75) is 27.2 Å². The van der Waals surface area contributed by atoms with Gasteiger partial charge in [0.15, 0.2) is 5.82 Å². The van der Waals surface area contributed by atoms with Crippen LogP contribution in [0.4, 0.5) is 17.2 Å². The van der Waals surface area contributed by atoms with E-state index in [4.69, 9.17) is 9.97 Å². The smallest absolute Gasteiger partial charge is 0.230 e. The van der Waals surface area contributed by atoms with E-state index in [-0.39, 0.29) is 5.91 Å². The van der Waals surface area contributed by atoms with Crippen LogP contribution in [0.25, 0.3) is 33.2 Å².